The van der Waals surface area contributed by atoms with Crippen molar-refractivity contribution in [2.45, 2.75) is 26.7 Å². The van der Waals surface area contributed by atoms with E-state index < -0.39 is 0 Å². The van der Waals surface area contributed by atoms with Crippen LogP contribution >= 0.6 is 0 Å². The lowest BCUT2D eigenvalue weighted by molar-refractivity contribution is 0.102. The van der Waals surface area contributed by atoms with E-state index in [0.29, 0.717) is 5.82 Å². The normalized spacial score (nSPS) is 10.4. The van der Waals surface area contributed by atoms with Gasteiger partial charge in [-0.15, -0.1) is 0 Å². The topological polar surface area (TPSA) is 78.0 Å². The van der Waals surface area contributed by atoms with Gasteiger partial charge in [-0.2, -0.15) is 5.10 Å². The van der Waals surface area contributed by atoms with Crippen LogP contribution in [-0.4, -0.2) is 21.2 Å². The average Bonchev–Trinajstić information content (AvgIpc) is 2.80. The van der Waals surface area contributed by atoms with Crippen molar-refractivity contribution in [2.24, 2.45) is 0 Å². The van der Waals surface area contributed by atoms with E-state index in [9.17, 15) is 9.90 Å². The van der Waals surface area contributed by atoms with E-state index in [0.717, 1.165) is 24.1 Å². The van der Waals surface area contributed by atoms with Gasteiger partial charge in [-0.1, -0.05) is 25.0 Å². The molecule has 2 rings (SSSR count). The Morgan fingerprint density at radius 2 is 2.21 bits per heavy atom. The van der Waals surface area contributed by atoms with Gasteiger partial charge < -0.3 is 10.4 Å². The second-order valence-electron chi connectivity index (χ2n) is 4.50. The van der Waals surface area contributed by atoms with E-state index in [1.165, 1.54) is 6.07 Å². The minimum absolute atomic E-state index is 0.0348. The van der Waals surface area contributed by atoms with Crippen molar-refractivity contribution in [2.75, 3.05) is 5.32 Å². The Kier molecular flexibility index (Phi) is 3.85. The monoisotopic (exact) mass is 259 g/mol. The molecular formula is C14H17N3O2. The lowest BCUT2D eigenvalue weighted by Crippen LogP contribution is -2.12. The predicted molar refractivity (Wildman–Crippen MR) is 73.4 cm³/mol. The molecule has 0 aliphatic carbocycles. The van der Waals surface area contributed by atoms with Gasteiger partial charge in [-0.3, -0.25) is 9.89 Å². The number of nitrogens with one attached hydrogen (secondary N) is 2. The molecule has 0 atom stereocenters. The number of aromatic hydroxyl groups is 1. The van der Waals surface area contributed by atoms with Crippen molar-refractivity contribution in [1.29, 1.82) is 0 Å². The van der Waals surface area contributed by atoms with Crippen LogP contribution in [0.2, 0.25) is 0 Å². The fourth-order valence-corrected chi connectivity index (χ4v) is 1.84. The lowest BCUT2D eigenvalue weighted by Gasteiger charge is -2.05. The number of H-pyrrole nitrogens is 1. The van der Waals surface area contributed by atoms with E-state index >= 15 is 0 Å². The standard InChI is InChI=1S/C14H17N3O2/c1-3-4-10-8-13(17-16-10)15-14(19)11-7-9(2)5-6-12(11)18/h5-8,18H,3-4H2,1-2H3,(H2,15,16,17,19). The molecule has 19 heavy (non-hydrogen) atoms. The summed E-state index contributed by atoms with van der Waals surface area (Å²) in [7, 11) is 0. The maximum absolute atomic E-state index is 12.0. The SMILES string of the molecule is CCCc1cc(NC(=O)c2cc(C)ccc2O)n[nH]1. The third-order valence-electron chi connectivity index (χ3n) is 2.79. The van der Waals surface area contributed by atoms with Crippen LogP contribution in [0.1, 0.15) is 35.0 Å². The number of aromatic amines is 1. The molecule has 0 unspecified atom stereocenters. The van der Waals surface area contributed by atoms with E-state index in [1.807, 2.05) is 6.92 Å². The molecule has 0 fully saturated rings. The number of carbonyl (C=O) groups is 1. The molecule has 100 valence electrons. The lowest BCUT2D eigenvalue weighted by atomic mass is 10.1. The second kappa shape index (κ2) is 5.56. The van der Waals surface area contributed by atoms with Gasteiger partial charge in [0.25, 0.3) is 5.91 Å². The predicted octanol–water partition coefficient (Wildman–Crippen LogP) is 2.63. The van der Waals surface area contributed by atoms with Gasteiger partial charge in [0.05, 0.1) is 5.56 Å². The summed E-state index contributed by atoms with van der Waals surface area (Å²) in [6.07, 6.45) is 1.90. The number of hydrogen-bond acceptors (Lipinski definition) is 3. The minimum atomic E-state index is -0.365. The molecule has 0 spiro atoms. The Morgan fingerprint density at radius 1 is 1.42 bits per heavy atom. The first kappa shape index (κ1) is 13.1. The van der Waals surface area contributed by atoms with Crippen molar-refractivity contribution in [3.63, 3.8) is 0 Å². The van der Waals surface area contributed by atoms with Crippen LogP contribution < -0.4 is 5.32 Å². The quantitative estimate of drug-likeness (QED) is 0.789. The van der Waals surface area contributed by atoms with Crippen LogP contribution in [0, 0.1) is 6.92 Å². The Bertz CT molecular complexity index is 590. The Morgan fingerprint density at radius 3 is 2.95 bits per heavy atom. The van der Waals surface area contributed by atoms with Crippen molar-refractivity contribution in [1.82, 2.24) is 10.2 Å². The van der Waals surface area contributed by atoms with E-state index in [-0.39, 0.29) is 17.2 Å². The first-order valence-electron chi connectivity index (χ1n) is 6.25. The highest BCUT2D eigenvalue weighted by atomic mass is 16.3. The first-order valence-corrected chi connectivity index (χ1v) is 6.25. The first-order chi connectivity index (χ1) is 9.10. The van der Waals surface area contributed by atoms with Crippen molar-refractivity contribution in [3.05, 3.63) is 41.1 Å². The number of aryl methyl sites for hydroxylation is 2. The third kappa shape index (κ3) is 3.13. The second-order valence-corrected chi connectivity index (χ2v) is 4.50. The molecule has 0 saturated carbocycles. The molecular weight excluding hydrogens is 242 g/mol. The van der Waals surface area contributed by atoms with Gasteiger partial charge in [-0.25, -0.2) is 0 Å². The summed E-state index contributed by atoms with van der Waals surface area (Å²) in [5, 5.41) is 19.2. The van der Waals surface area contributed by atoms with Crippen molar-refractivity contribution in [3.8, 4) is 5.75 Å². The number of benzene rings is 1. The Balaban J connectivity index is 2.13. The number of hydrogen-bond donors (Lipinski definition) is 3. The number of nitrogens with zero attached hydrogens (tertiary/aromatic N) is 1. The summed E-state index contributed by atoms with van der Waals surface area (Å²) in [5.74, 6) is 0.0671. The van der Waals surface area contributed by atoms with Crippen LogP contribution in [0.15, 0.2) is 24.3 Å². The largest absolute Gasteiger partial charge is 0.507 e. The summed E-state index contributed by atoms with van der Waals surface area (Å²) in [4.78, 5) is 12.0. The molecule has 1 aromatic carbocycles. The minimum Gasteiger partial charge on any atom is -0.507 e. The van der Waals surface area contributed by atoms with Crippen molar-refractivity contribution >= 4 is 11.7 Å². The number of amides is 1. The highest BCUT2D eigenvalue weighted by Gasteiger charge is 2.12. The van der Waals surface area contributed by atoms with Crippen LogP contribution in [0.5, 0.6) is 5.75 Å². The Hall–Kier alpha value is -2.30. The zero-order valence-electron chi connectivity index (χ0n) is 11.0. The highest BCUT2D eigenvalue weighted by Crippen LogP contribution is 2.19. The summed E-state index contributed by atoms with van der Waals surface area (Å²) >= 11 is 0. The van der Waals surface area contributed by atoms with Crippen LogP contribution in [-0.2, 0) is 6.42 Å². The molecule has 0 radical (unpaired) electrons. The smallest absolute Gasteiger partial charge is 0.260 e. The molecule has 1 aromatic heterocycles. The summed E-state index contributed by atoms with van der Waals surface area (Å²) < 4.78 is 0. The number of phenolic OH excluding ortho intramolecular Hbond substituents is 1. The number of rotatable bonds is 4. The molecule has 5 nitrogen and oxygen atoms in total. The molecule has 3 N–H and O–H groups in total. The number of anilines is 1. The maximum atomic E-state index is 12.0. The van der Waals surface area contributed by atoms with E-state index in [1.54, 1.807) is 18.2 Å². The number of aromatic nitrogens is 2. The van der Waals surface area contributed by atoms with Gasteiger partial charge in [-0.05, 0) is 25.5 Å². The molecule has 0 bridgehead atoms. The van der Waals surface area contributed by atoms with Gasteiger partial charge >= 0.3 is 0 Å². The van der Waals surface area contributed by atoms with Gasteiger partial charge in [0.1, 0.15) is 5.75 Å². The molecule has 2 aromatic rings. The average molecular weight is 259 g/mol. The molecule has 0 saturated heterocycles. The molecule has 5 heteroatoms. The fourth-order valence-electron chi connectivity index (χ4n) is 1.84. The van der Waals surface area contributed by atoms with E-state index in [4.69, 9.17) is 0 Å². The van der Waals surface area contributed by atoms with Crippen LogP contribution in [0.4, 0.5) is 5.82 Å². The number of carbonyl (C=O) groups excluding carboxylic acids is 1. The fraction of sp³-hybridized carbons (Fsp3) is 0.286. The molecule has 1 amide bonds. The molecule has 0 aliphatic heterocycles. The molecule has 0 aliphatic rings. The van der Waals surface area contributed by atoms with E-state index in [2.05, 4.69) is 22.4 Å². The summed E-state index contributed by atoms with van der Waals surface area (Å²) in [6, 6.07) is 6.70. The zero-order valence-corrected chi connectivity index (χ0v) is 11.0. The maximum Gasteiger partial charge on any atom is 0.260 e. The zero-order chi connectivity index (χ0) is 13.8. The third-order valence-corrected chi connectivity index (χ3v) is 2.79. The van der Waals surface area contributed by atoms with Crippen molar-refractivity contribution < 1.29 is 9.90 Å². The van der Waals surface area contributed by atoms with Gasteiger partial charge in [0.15, 0.2) is 5.82 Å². The Labute approximate surface area is 111 Å². The number of phenols is 1. The van der Waals surface area contributed by atoms with Crippen LogP contribution in [0.25, 0.3) is 0 Å². The summed E-state index contributed by atoms with van der Waals surface area (Å²) in [5.41, 5.74) is 2.14. The van der Waals surface area contributed by atoms with Gasteiger partial charge in [0, 0.05) is 11.8 Å². The highest BCUT2D eigenvalue weighted by molar-refractivity contribution is 6.05. The molecule has 1 heterocycles. The van der Waals surface area contributed by atoms with Gasteiger partial charge in [0.2, 0.25) is 0 Å². The summed E-state index contributed by atoms with van der Waals surface area (Å²) in [6.45, 7) is 3.94. The van der Waals surface area contributed by atoms with Crippen LogP contribution in [0.3, 0.4) is 0 Å².